The Morgan fingerprint density at radius 2 is 2.03 bits per heavy atom. The highest BCUT2D eigenvalue weighted by molar-refractivity contribution is 5.99. The van der Waals surface area contributed by atoms with Crippen LogP contribution in [0.1, 0.15) is 24.8 Å². The van der Waals surface area contributed by atoms with Crippen molar-refractivity contribution in [1.82, 2.24) is 20.9 Å². The largest absolute Gasteiger partial charge is 0.461 e. The quantitative estimate of drug-likeness (QED) is 0.373. The molecule has 0 saturated carbocycles. The molecule has 3 rings (SSSR count). The Morgan fingerprint density at radius 3 is 2.71 bits per heavy atom. The van der Waals surface area contributed by atoms with Crippen LogP contribution < -0.4 is 16.0 Å². The Balaban J connectivity index is 1.72. The van der Waals surface area contributed by atoms with Gasteiger partial charge in [0.05, 0.1) is 12.5 Å². The van der Waals surface area contributed by atoms with Gasteiger partial charge in [0.25, 0.3) is 0 Å². The zero-order valence-corrected chi connectivity index (χ0v) is 17.3. The van der Waals surface area contributed by atoms with Crippen molar-refractivity contribution in [3.63, 3.8) is 0 Å². The number of nitrogens with one attached hydrogen (secondary N) is 3. The summed E-state index contributed by atoms with van der Waals surface area (Å²) in [6.45, 7) is 4.48. The monoisotopic (exact) mass is 428 g/mol. The van der Waals surface area contributed by atoms with E-state index in [1.54, 1.807) is 0 Å². The fourth-order valence-corrected chi connectivity index (χ4v) is 3.74. The molecule has 9 heteroatoms. The molecule has 2 saturated heterocycles. The molecule has 1 aromatic rings. The van der Waals surface area contributed by atoms with Crippen LogP contribution in [0, 0.1) is 0 Å². The average Bonchev–Trinajstić information content (AvgIpc) is 3.31. The van der Waals surface area contributed by atoms with Crippen molar-refractivity contribution in [3.8, 4) is 0 Å². The normalized spacial score (nSPS) is 23.2. The molecule has 3 N–H and O–H groups in total. The SMILES string of the molecule is C=CCOC(=O)C[C@@H]1NC(=O)[C@@H](CNC(=O)[C@@H]2CCCN2)N(Cc2ccccc2)C1=O. The number of rotatable bonds is 9. The lowest BCUT2D eigenvalue weighted by atomic mass is 10.0. The minimum Gasteiger partial charge on any atom is -0.461 e. The molecule has 2 heterocycles. The molecule has 9 nitrogen and oxygen atoms in total. The summed E-state index contributed by atoms with van der Waals surface area (Å²) in [5.41, 5.74) is 0.840. The Labute approximate surface area is 181 Å². The van der Waals surface area contributed by atoms with Gasteiger partial charge in [-0.15, -0.1) is 0 Å². The lowest BCUT2D eigenvalue weighted by Crippen LogP contribution is -2.66. The van der Waals surface area contributed by atoms with Gasteiger partial charge in [-0.1, -0.05) is 43.0 Å². The van der Waals surface area contributed by atoms with E-state index in [-0.39, 0.29) is 38.1 Å². The maximum atomic E-state index is 13.2. The Hall–Kier alpha value is -3.20. The molecular weight excluding hydrogens is 400 g/mol. The summed E-state index contributed by atoms with van der Waals surface area (Å²) in [5, 5.41) is 8.50. The number of esters is 1. The van der Waals surface area contributed by atoms with E-state index in [9.17, 15) is 19.2 Å². The van der Waals surface area contributed by atoms with Gasteiger partial charge >= 0.3 is 5.97 Å². The Morgan fingerprint density at radius 1 is 1.26 bits per heavy atom. The zero-order valence-electron chi connectivity index (χ0n) is 17.3. The van der Waals surface area contributed by atoms with Crippen LogP contribution in [0.4, 0.5) is 0 Å². The van der Waals surface area contributed by atoms with E-state index in [1.807, 2.05) is 30.3 Å². The smallest absolute Gasteiger partial charge is 0.308 e. The van der Waals surface area contributed by atoms with Crippen LogP contribution in [-0.4, -0.2) is 66.4 Å². The van der Waals surface area contributed by atoms with Gasteiger partial charge in [0, 0.05) is 13.1 Å². The summed E-state index contributed by atoms with van der Waals surface area (Å²) >= 11 is 0. The maximum Gasteiger partial charge on any atom is 0.308 e. The zero-order chi connectivity index (χ0) is 22.2. The first-order chi connectivity index (χ1) is 15.0. The predicted octanol–water partition coefficient (Wildman–Crippen LogP) is -0.130. The van der Waals surface area contributed by atoms with Gasteiger partial charge in [-0.3, -0.25) is 19.2 Å². The maximum absolute atomic E-state index is 13.2. The summed E-state index contributed by atoms with van der Waals surface area (Å²) in [7, 11) is 0. The van der Waals surface area contributed by atoms with E-state index < -0.39 is 29.9 Å². The molecule has 0 bridgehead atoms. The number of amides is 3. The molecule has 0 radical (unpaired) electrons. The fourth-order valence-electron chi connectivity index (χ4n) is 3.74. The molecule has 3 amide bonds. The summed E-state index contributed by atoms with van der Waals surface area (Å²) in [6.07, 6.45) is 2.82. The van der Waals surface area contributed by atoms with Crippen molar-refractivity contribution in [2.75, 3.05) is 19.7 Å². The number of hydrogen-bond donors (Lipinski definition) is 3. The van der Waals surface area contributed by atoms with Crippen molar-refractivity contribution >= 4 is 23.7 Å². The van der Waals surface area contributed by atoms with Gasteiger partial charge in [0.15, 0.2) is 0 Å². The van der Waals surface area contributed by atoms with E-state index in [1.165, 1.54) is 11.0 Å². The second kappa shape index (κ2) is 10.7. The van der Waals surface area contributed by atoms with Crippen LogP contribution in [0.25, 0.3) is 0 Å². The second-order valence-corrected chi connectivity index (χ2v) is 7.60. The highest BCUT2D eigenvalue weighted by Gasteiger charge is 2.41. The third-order valence-corrected chi connectivity index (χ3v) is 5.35. The minimum absolute atomic E-state index is 0.00491. The molecule has 2 aliphatic heterocycles. The Kier molecular flexibility index (Phi) is 7.77. The van der Waals surface area contributed by atoms with Gasteiger partial charge in [0.2, 0.25) is 17.7 Å². The van der Waals surface area contributed by atoms with Crippen LogP contribution >= 0.6 is 0 Å². The van der Waals surface area contributed by atoms with E-state index in [2.05, 4.69) is 22.5 Å². The lowest BCUT2D eigenvalue weighted by molar-refractivity contribution is -0.154. The number of nitrogens with zero attached hydrogens (tertiary/aromatic N) is 1. The molecule has 2 fully saturated rings. The first-order valence-corrected chi connectivity index (χ1v) is 10.4. The van der Waals surface area contributed by atoms with Gasteiger partial charge in [-0.2, -0.15) is 0 Å². The third-order valence-electron chi connectivity index (χ3n) is 5.35. The number of benzene rings is 1. The van der Waals surface area contributed by atoms with E-state index in [4.69, 9.17) is 4.74 Å². The molecule has 2 aliphatic rings. The molecule has 0 spiro atoms. The molecule has 1 aromatic carbocycles. The number of piperazine rings is 1. The van der Waals surface area contributed by atoms with Crippen molar-refractivity contribution in [2.24, 2.45) is 0 Å². The fraction of sp³-hybridized carbons (Fsp3) is 0.455. The van der Waals surface area contributed by atoms with Crippen molar-refractivity contribution in [3.05, 3.63) is 48.6 Å². The summed E-state index contributed by atoms with van der Waals surface area (Å²) in [6, 6.07) is 7.08. The number of carbonyl (C=O) groups excluding carboxylic acids is 4. The van der Waals surface area contributed by atoms with Gasteiger partial charge in [0.1, 0.15) is 18.7 Å². The Bertz CT molecular complexity index is 822. The number of ether oxygens (including phenoxy) is 1. The standard InChI is InChI=1S/C22H28N4O5/c1-2-11-31-19(27)12-17-22(30)26(14-15-7-4-3-5-8-15)18(21(29)25-17)13-24-20(28)16-9-6-10-23-16/h2-5,7-8,16-18,23H,1,6,9-14H2,(H,24,28)(H,25,29)/t16-,17-,18+/m0/s1. The van der Waals surface area contributed by atoms with Gasteiger partial charge < -0.3 is 25.6 Å². The van der Waals surface area contributed by atoms with E-state index in [0.717, 1.165) is 24.9 Å². The summed E-state index contributed by atoms with van der Waals surface area (Å²) in [5.74, 6) is -1.60. The predicted molar refractivity (Wildman–Crippen MR) is 113 cm³/mol. The van der Waals surface area contributed by atoms with Crippen LogP contribution in [0.5, 0.6) is 0 Å². The molecule has 31 heavy (non-hydrogen) atoms. The van der Waals surface area contributed by atoms with Gasteiger partial charge in [-0.05, 0) is 24.9 Å². The highest BCUT2D eigenvalue weighted by atomic mass is 16.5. The van der Waals surface area contributed by atoms with Crippen molar-refractivity contribution in [1.29, 1.82) is 0 Å². The first kappa shape index (κ1) is 22.5. The van der Waals surface area contributed by atoms with E-state index >= 15 is 0 Å². The number of carbonyl (C=O) groups is 4. The molecule has 0 unspecified atom stereocenters. The number of hydrogen-bond acceptors (Lipinski definition) is 6. The van der Waals surface area contributed by atoms with Crippen LogP contribution in [0.3, 0.4) is 0 Å². The molecule has 3 atom stereocenters. The summed E-state index contributed by atoms with van der Waals surface area (Å²) < 4.78 is 4.95. The first-order valence-electron chi connectivity index (χ1n) is 10.4. The third kappa shape index (κ3) is 5.91. The molecule has 166 valence electrons. The lowest BCUT2D eigenvalue weighted by Gasteiger charge is -2.39. The molecular formula is C22H28N4O5. The van der Waals surface area contributed by atoms with Crippen LogP contribution in [0.2, 0.25) is 0 Å². The average molecular weight is 428 g/mol. The van der Waals surface area contributed by atoms with Crippen molar-refractivity contribution < 1.29 is 23.9 Å². The van der Waals surface area contributed by atoms with Crippen LogP contribution in [0.15, 0.2) is 43.0 Å². The van der Waals surface area contributed by atoms with Gasteiger partial charge in [-0.25, -0.2) is 0 Å². The molecule has 0 aliphatic carbocycles. The second-order valence-electron chi connectivity index (χ2n) is 7.60. The molecule has 0 aromatic heterocycles. The topological polar surface area (TPSA) is 117 Å². The van der Waals surface area contributed by atoms with E-state index in [0.29, 0.717) is 0 Å². The van der Waals surface area contributed by atoms with Crippen molar-refractivity contribution in [2.45, 2.75) is 43.9 Å². The highest BCUT2D eigenvalue weighted by Crippen LogP contribution is 2.17. The van der Waals surface area contributed by atoms with Crippen LogP contribution in [-0.2, 0) is 30.5 Å². The minimum atomic E-state index is -1.02. The summed E-state index contributed by atoms with van der Waals surface area (Å²) in [4.78, 5) is 51.8.